The molecule has 0 aliphatic heterocycles. The van der Waals surface area contributed by atoms with Crippen molar-refractivity contribution < 1.29 is 24.2 Å². The summed E-state index contributed by atoms with van der Waals surface area (Å²) >= 11 is 0. The number of carbonyl (C=O) groups is 2. The van der Waals surface area contributed by atoms with Crippen LogP contribution in [0.3, 0.4) is 0 Å². The fourth-order valence-corrected chi connectivity index (χ4v) is 2.24. The van der Waals surface area contributed by atoms with Crippen molar-refractivity contribution in [3.05, 3.63) is 35.9 Å². The van der Waals surface area contributed by atoms with Crippen LogP contribution in [0.2, 0.25) is 0 Å². The van der Waals surface area contributed by atoms with Gasteiger partial charge in [0.2, 0.25) is 0 Å². The molecule has 114 valence electrons. The summed E-state index contributed by atoms with van der Waals surface area (Å²) in [6, 6.07) is 8.09. The van der Waals surface area contributed by atoms with Gasteiger partial charge in [-0.05, 0) is 24.8 Å². The predicted octanol–water partition coefficient (Wildman–Crippen LogP) is 1.37. The zero-order valence-electron chi connectivity index (χ0n) is 11.9. The van der Waals surface area contributed by atoms with E-state index in [0.717, 1.165) is 12.0 Å². The Morgan fingerprint density at radius 3 is 2.52 bits per heavy atom. The fraction of sp³-hybridized carbons (Fsp3) is 0.467. The minimum absolute atomic E-state index is 0.0962. The molecule has 1 fully saturated rings. The molecule has 6 heteroatoms. The second-order valence-electron chi connectivity index (χ2n) is 5.12. The summed E-state index contributed by atoms with van der Waals surface area (Å²) in [5.41, 5.74) is -0.400. The largest absolute Gasteiger partial charge is 0.467 e. The minimum Gasteiger partial charge on any atom is -0.467 e. The van der Waals surface area contributed by atoms with Crippen LogP contribution < -0.4 is 5.32 Å². The average molecular weight is 293 g/mol. The van der Waals surface area contributed by atoms with E-state index in [1.807, 2.05) is 30.3 Å². The number of esters is 1. The number of ether oxygens (including phenoxy) is 2. The summed E-state index contributed by atoms with van der Waals surface area (Å²) in [5, 5.41) is 12.6. The molecular weight excluding hydrogens is 274 g/mol. The number of hydrogen-bond donors (Lipinski definition) is 2. The molecule has 0 radical (unpaired) electrons. The first-order valence-corrected chi connectivity index (χ1v) is 6.82. The highest BCUT2D eigenvalue weighted by Crippen LogP contribution is 2.35. The van der Waals surface area contributed by atoms with Crippen molar-refractivity contribution in [2.24, 2.45) is 0 Å². The number of amides is 1. The highest BCUT2D eigenvalue weighted by Gasteiger charge is 2.48. The van der Waals surface area contributed by atoms with Crippen molar-refractivity contribution >= 4 is 12.1 Å². The molecule has 1 amide bonds. The second kappa shape index (κ2) is 6.58. The second-order valence-corrected chi connectivity index (χ2v) is 5.12. The van der Waals surface area contributed by atoms with Gasteiger partial charge in [0.1, 0.15) is 6.61 Å². The van der Waals surface area contributed by atoms with Crippen LogP contribution in [0.5, 0.6) is 0 Å². The summed E-state index contributed by atoms with van der Waals surface area (Å²) in [6.45, 7) is 0.0962. The van der Waals surface area contributed by atoms with Crippen molar-refractivity contribution in [1.29, 1.82) is 0 Å². The van der Waals surface area contributed by atoms with Crippen molar-refractivity contribution in [2.45, 2.75) is 37.5 Å². The average Bonchev–Trinajstić information content (AvgIpc) is 2.48. The zero-order valence-corrected chi connectivity index (χ0v) is 11.9. The van der Waals surface area contributed by atoms with E-state index in [-0.39, 0.29) is 6.61 Å². The lowest BCUT2D eigenvalue weighted by atomic mass is 9.74. The maximum atomic E-state index is 11.8. The third-order valence-corrected chi connectivity index (χ3v) is 3.67. The Labute approximate surface area is 123 Å². The molecule has 1 aromatic carbocycles. The van der Waals surface area contributed by atoms with Gasteiger partial charge >= 0.3 is 12.1 Å². The van der Waals surface area contributed by atoms with Crippen LogP contribution in [-0.2, 0) is 20.9 Å². The molecule has 1 atom stereocenters. The Balaban J connectivity index is 1.90. The quantitative estimate of drug-likeness (QED) is 0.801. The molecule has 1 aliphatic carbocycles. The molecule has 6 nitrogen and oxygen atoms in total. The molecule has 2 N–H and O–H groups in total. The van der Waals surface area contributed by atoms with Crippen molar-refractivity contribution in [3.63, 3.8) is 0 Å². The van der Waals surface area contributed by atoms with E-state index in [1.54, 1.807) is 0 Å². The standard InChI is InChI=1S/C15H19NO5/c1-20-13(17)12(15(19)8-5-9-15)16-14(18)21-10-11-6-3-2-4-7-11/h2-4,6-7,12,19H,5,8-10H2,1H3,(H,16,18). The third kappa shape index (κ3) is 3.72. The number of aliphatic hydroxyl groups is 1. The van der Waals surface area contributed by atoms with Gasteiger partial charge in [0.15, 0.2) is 6.04 Å². The Kier molecular flexibility index (Phi) is 4.80. The van der Waals surface area contributed by atoms with Crippen LogP contribution in [0.4, 0.5) is 4.79 Å². The van der Waals surface area contributed by atoms with E-state index >= 15 is 0 Å². The van der Waals surface area contributed by atoms with Crippen molar-refractivity contribution in [2.75, 3.05) is 7.11 Å². The first kappa shape index (κ1) is 15.3. The lowest BCUT2D eigenvalue weighted by molar-refractivity contribution is -0.156. The SMILES string of the molecule is COC(=O)C(NC(=O)OCc1ccccc1)C1(O)CCC1. The monoisotopic (exact) mass is 293 g/mol. The number of nitrogens with one attached hydrogen (secondary N) is 1. The summed E-state index contributed by atoms with van der Waals surface area (Å²) < 4.78 is 9.68. The van der Waals surface area contributed by atoms with Gasteiger partial charge < -0.3 is 19.9 Å². The molecule has 0 heterocycles. The summed E-state index contributed by atoms with van der Waals surface area (Å²) in [7, 11) is 1.22. The van der Waals surface area contributed by atoms with Gasteiger partial charge in [0.05, 0.1) is 12.7 Å². The van der Waals surface area contributed by atoms with Crippen LogP contribution in [-0.4, -0.2) is 35.9 Å². The molecule has 0 spiro atoms. The summed E-state index contributed by atoms with van der Waals surface area (Å²) in [5.74, 6) is -0.672. The maximum Gasteiger partial charge on any atom is 0.408 e. The molecule has 2 rings (SSSR count). The highest BCUT2D eigenvalue weighted by molar-refractivity contribution is 5.82. The van der Waals surface area contributed by atoms with Crippen LogP contribution in [0, 0.1) is 0 Å². The van der Waals surface area contributed by atoms with Gasteiger partial charge in [0, 0.05) is 0 Å². The smallest absolute Gasteiger partial charge is 0.408 e. The van der Waals surface area contributed by atoms with Gasteiger partial charge in [-0.2, -0.15) is 0 Å². The Bertz CT molecular complexity index is 498. The van der Waals surface area contributed by atoms with E-state index in [2.05, 4.69) is 10.1 Å². The van der Waals surface area contributed by atoms with E-state index in [4.69, 9.17) is 4.74 Å². The number of rotatable bonds is 5. The summed E-state index contributed by atoms with van der Waals surface area (Å²) in [4.78, 5) is 23.5. The fourth-order valence-electron chi connectivity index (χ4n) is 2.24. The minimum atomic E-state index is -1.24. The lowest BCUT2D eigenvalue weighted by Crippen LogP contribution is -2.60. The zero-order chi connectivity index (χ0) is 15.3. The molecule has 1 unspecified atom stereocenters. The van der Waals surface area contributed by atoms with Crippen LogP contribution in [0.1, 0.15) is 24.8 Å². The highest BCUT2D eigenvalue weighted by atomic mass is 16.6. The lowest BCUT2D eigenvalue weighted by Gasteiger charge is -2.41. The predicted molar refractivity (Wildman–Crippen MR) is 74.4 cm³/mol. The normalized spacial score (nSPS) is 17.2. The Hall–Kier alpha value is -2.08. The molecule has 1 saturated carbocycles. The van der Waals surface area contributed by atoms with Gasteiger partial charge in [-0.25, -0.2) is 9.59 Å². The van der Waals surface area contributed by atoms with E-state index in [9.17, 15) is 14.7 Å². The first-order chi connectivity index (χ1) is 10.0. The maximum absolute atomic E-state index is 11.8. The molecular formula is C15H19NO5. The number of hydrogen-bond acceptors (Lipinski definition) is 5. The van der Waals surface area contributed by atoms with Crippen LogP contribution in [0.15, 0.2) is 30.3 Å². The van der Waals surface area contributed by atoms with Gasteiger partial charge in [-0.15, -0.1) is 0 Å². The topological polar surface area (TPSA) is 84.9 Å². The number of carbonyl (C=O) groups excluding carboxylic acids is 2. The van der Waals surface area contributed by atoms with Gasteiger partial charge in [0.25, 0.3) is 0 Å². The molecule has 1 aliphatic rings. The van der Waals surface area contributed by atoms with E-state index in [0.29, 0.717) is 12.8 Å². The van der Waals surface area contributed by atoms with Gasteiger partial charge in [-0.1, -0.05) is 30.3 Å². The molecule has 0 aromatic heterocycles. The first-order valence-electron chi connectivity index (χ1n) is 6.82. The molecule has 21 heavy (non-hydrogen) atoms. The number of methoxy groups -OCH3 is 1. The Morgan fingerprint density at radius 2 is 2.00 bits per heavy atom. The van der Waals surface area contributed by atoms with E-state index in [1.165, 1.54) is 7.11 Å². The Morgan fingerprint density at radius 1 is 1.33 bits per heavy atom. The van der Waals surface area contributed by atoms with Crippen LogP contribution in [0.25, 0.3) is 0 Å². The van der Waals surface area contributed by atoms with E-state index < -0.39 is 23.7 Å². The summed E-state index contributed by atoms with van der Waals surface area (Å²) in [6.07, 6.45) is 0.955. The molecule has 1 aromatic rings. The van der Waals surface area contributed by atoms with Gasteiger partial charge in [-0.3, -0.25) is 0 Å². The van der Waals surface area contributed by atoms with Crippen molar-refractivity contribution in [3.8, 4) is 0 Å². The van der Waals surface area contributed by atoms with Crippen LogP contribution >= 0.6 is 0 Å². The third-order valence-electron chi connectivity index (χ3n) is 3.67. The molecule has 0 bridgehead atoms. The molecule has 0 saturated heterocycles. The van der Waals surface area contributed by atoms with Crippen molar-refractivity contribution in [1.82, 2.24) is 5.32 Å². The number of benzene rings is 1. The number of alkyl carbamates (subject to hydrolysis) is 1.